The van der Waals surface area contributed by atoms with Gasteiger partial charge >= 0.3 is 0 Å². The molecule has 2 aromatic heterocycles. The summed E-state index contributed by atoms with van der Waals surface area (Å²) in [4.78, 5) is 15.8. The fraction of sp³-hybridized carbons (Fsp3) is 0.556. The molecule has 0 aliphatic carbocycles. The van der Waals surface area contributed by atoms with Crippen molar-refractivity contribution in [3.8, 4) is 10.6 Å². The molecule has 0 atom stereocenters. The van der Waals surface area contributed by atoms with Gasteiger partial charge in [0.1, 0.15) is 11.4 Å². The lowest BCUT2D eigenvalue weighted by Crippen LogP contribution is -2.40. The highest BCUT2D eigenvalue weighted by Gasteiger charge is 2.29. The predicted molar refractivity (Wildman–Crippen MR) is 96.2 cm³/mol. The first-order valence-corrected chi connectivity index (χ1v) is 9.33. The van der Waals surface area contributed by atoms with Gasteiger partial charge in [0.15, 0.2) is 0 Å². The molecule has 2 N–H and O–H groups in total. The summed E-state index contributed by atoms with van der Waals surface area (Å²) >= 11 is 1.63. The molecule has 1 fully saturated rings. The molecule has 0 radical (unpaired) electrons. The molecule has 130 valence electrons. The van der Waals surface area contributed by atoms with E-state index in [1.807, 2.05) is 43.2 Å². The minimum Gasteiger partial charge on any atom is -0.390 e. The summed E-state index contributed by atoms with van der Waals surface area (Å²) in [5, 5.41) is 19.2. The number of aromatic amines is 1. The Morgan fingerprint density at radius 2 is 2.17 bits per heavy atom. The first-order valence-electron chi connectivity index (χ1n) is 8.45. The summed E-state index contributed by atoms with van der Waals surface area (Å²) in [6.07, 6.45) is 2.68. The highest BCUT2D eigenvalue weighted by atomic mass is 32.1. The third kappa shape index (κ3) is 3.70. The number of nitrogens with zero attached hydrogens (tertiary/aromatic N) is 2. The Bertz CT molecular complexity index is 692. The van der Waals surface area contributed by atoms with E-state index in [1.165, 1.54) is 0 Å². The van der Waals surface area contributed by atoms with Gasteiger partial charge in [-0.25, -0.2) is 0 Å². The van der Waals surface area contributed by atoms with Crippen LogP contribution in [-0.2, 0) is 0 Å². The number of carbonyl (C=O) groups is 1. The summed E-state index contributed by atoms with van der Waals surface area (Å²) in [5.74, 6) is 0.517. The van der Waals surface area contributed by atoms with Crippen molar-refractivity contribution >= 4 is 17.2 Å². The number of rotatable bonds is 4. The van der Waals surface area contributed by atoms with Gasteiger partial charge in [-0.2, -0.15) is 5.10 Å². The first kappa shape index (κ1) is 17.2. The fourth-order valence-corrected chi connectivity index (χ4v) is 4.24. The van der Waals surface area contributed by atoms with E-state index in [0.717, 1.165) is 48.5 Å². The zero-order valence-corrected chi connectivity index (χ0v) is 15.3. The van der Waals surface area contributed by atoms with Crippen molar-refractivity contribution in [1.82, 2.24) is 15.1 Å². The van der Waals surface area contributed by atoms with E-state index < -0.39 is 5.60 Å². The van der Waals surface area contributed by atoms with Crippen LogP contribution >= 0.6 is 11.3 Å². The Morgan fingerprint density at radius 1 is 1.46 bits per heavy atom. The van der Waals surface area contributed by atoms with E-state index in [2.05, 4.69) is 10.2 Å². The average Bonchev–Trinajstić information content (AvgIpc) is 3.15. The molecule has 5 nitrogen and oxygen atoms in total. The molecule has 3 rings (SSSR count). The molecular formula is C18H25N3O2S. The lowest BCUT2D eigenvalue weighted by atomic mass is 9.86. The summed E-state index contributed by atoms with van der Waals surface area (Å²) < 4.78 is 0. The Labute approximate surface area is 146 Å². The molecule has 1 aliphatic rings. The fourth-order valence-electron chi connectivity index (χ4n) is 3.46. The van der Waals surface area contributed by atoms with Crippen LogP contribution in [0.5, 0.6) is 0 Å². The van der Waals surface area contributed by atoms with Crippen molar-refractivity contribution < 1.29 is 9.90 Å². The summed E-state index contributed by atoms with van der Waals surface area (Å²) in [6.45, 7) is 7.14. The van der Waals surface area contributed by atoms with Crippen LogP contribution in [0.1, 0.15) is 49.2 Å². The molecule has 24 heavy (non-hydrogen) atoms. The van der Waals surface area contributed by atoms with Crippen LogP contribution in [0, 0.1) is 12.8 Å². The van der Waals surface area contributed by atoms with Crippen LogP contribution in [0.3, 0.4) is 0 Å². The second kappa shape index (κ2) is 6.69. The number of piperidine rings is 1. The maximum Gasteiger partial charge on any atom is 0.272 e. The number of H-pyrrole nitrogens is 1. The number of aromatic nitrogens is 2. The number of carbonyl (C=O) groups excluding carboxylic acids is 1. The van der Waals surface area contributed by atoms with Crippen molar-refractivity contribution in [1.29, 1.82) is 0 Å². The topological polar surface area (TPSA) is 69.2 Å². The number of aliphatic hydroxyl groups is 1. The van der Waals surface area contributed by atoms with Crippen LogP contribution in [0.2, 0.25) is 0 Å². The van der Waals surface area contributed by atoms with E-state index in [1.54, 1.807) is 11.3 Å². The van der Waals surface area contributed by atoms with E-state index >= 15 is 0 Å². The van der Waals surface area contributed by atoms with Crippen LogP contribution in [0.15, 0.2) is 17.5 Å². The van der Waals surface area contributed by atoms with Gasteiger partial charge in [0, 0.05) is 18.7 Å². The quantitative estimate of drug-likeness (QED) is 0.890. The van der Waals surface area contributed by atoms with E-state index in [0.29, 0.717) is 11.6 Å². The molecule has 1 aliphatic heterocycles. The highest BCUT2D eigenvalue weighted by molar-refractivity contribution is 7.13. The Morgan fingerprint density at radius 3 is 2.75 bits per heavy atom. The van der Waals surface area contributed by atoms with Crippen molar-refractivity contribution in [2.75, 3.05) is 13.1 Å². The zero-order chi connectivity index (χ0) is 17.3. The van der Waals surface area contributed by atoms with Gasteiger partial charge < -0.3 is 10.0 Å². The maximum absolute atomic E-state index is 12.8. The van der Waals surface area contributed by atoms with Gasteiger partial charge in [-0.05, 0) is 57.4 Å². The number of thiophene rings is 1. The van der Waals surface area contributed by atoms with Gasteiger partial charge in [0.2, 0.25) is 0 Å². The molecular weight excluding hydrogens is 322 g/mol. The number of amides is 1. The van der Waals surface area contributed by atoms with Crippen LogP contribution in [0.4, 0.5) is 0 Å². The molecule has 6 heteroatoms. The second-order valence-electron chi connectivity index (χ2n) is 7.30. The maximum atomic E-state index is 12.8. The lowest BCUT2D eigenvalue weighted by Gasteiger charge is -2.34. The van der Waals surface area contributed by atoms with E-state index in [-0.39, 0.29) is 5.91 Å². The lowest BCUT2D eigenvalue weighted by molar-refractivity contribution is 0.0356. The van der Waals surface area contributed by atoms with Crippen molar-refractivity contribution in [2.45, 2.75) is 45.6 Å². The van der Waals surface area contributed by atoms with Gasteiger partial charge in [0.05, 0.1) is 10.5 Å². The minimum absolute atomic E-state index is 0.0320. The molecule has 0 unspecified atom stereocenters. The molecule has 3 heterocycles. The molecule has 0 spiro atoms. The van der Waals surface area contributed by atoms with Crippen LogP contribution in [0.25, 0.3) is 10.6 Å². The average molecular weight is 347 g/mol. The number of hydrogen-bond acceptors (Lipinski definition) is 4. The molecule has 2 aromatic rings. The number of likely N-dealkylation sites (tertiary alicyclic amines) is 1. The second-order valence-corrected chi connectivity index (χ2v) is 8.25. The highest BCUT2D eigenvalue weighted by Crippen LogP contribution is 2.30. The molecule has 0 bridgehead atoms. The number of hydrogen-bond donors (Lipinski definition) is 2. The Hall–Kier alpha value is -1.66. The van der Waals surface area contributed by atoms with Crippen LogP contribution in [-0.4, -0.2) is 44.8 Å². The van der Waals surface area contributed by atoms with Gasteiger partial charge in [-0.15, -0.1) is 11.3 Å². The van der Waals surface area contributed by atoms with Gasteiger partial charge in [-0.1, -0.05) is 6.07 Å². The van der Waals surface area contributed by atoms with Gasteiger partial charge in [0.25, 0.3) is 5.91 Å². The monoisotopic (exact) mass is 347 g/mol. The SMILES string of the molecule is Cc1c(-c2cccs2)n[nH]c1C(=O)N1CCC(CC(C)(C)O)CC1. The summed E-state index contributed by atoms with van der Waals surface area (Å²) in [6, 6.07) is 4.01. The largest absolute Gasteiger partial charge is 0.390 e. The Kier molecular flexibility index (Phi) is 4.78. The third-order valence-corrected chi connectivity index (χ3v) is 5.54. The minimum atomic E-state index is -0.633. The molecule has 1 saturated heterocycles. The smallest absolute Gasteiger partial charge is 0.272 e. The molecule has 0 aromatic carbocycles. The van der Waals surface area contributed by atoms with Gasteiger partial charge in [-0.3, -0.25) is 9.89 Å². The Balaban J connectivity index is 1.66. The predicted octanol–water partition coefficient (Wildman–Crippen LogP) is 3.46. The standard InChI is InChI=1S/C18H25N3O2S/c1-12-15(14-5-4-10-24-14)19-20-16(12)17(22)21-8-6-13(7-9-21)11-18(2,3)23/h4-5,10,13,23H,6-9,11H2,1-3H3,(H,19,20). The van der Waals surface area contributed by atoms with Crippen LogP contribution < -0.4 is 0 Å². The summed E-state index contributed by atoms with van der Waals surface area (Å²) in [7, 11) is 0. The van der Waals surface area contributed by atoms with E-state index in [9.17, 15) is 9.90 Å². The molecule has 1 amide bonds. The summed E-state index contributed by atoms with van der Waals surface area (Å²) in [5.41, 5.74) is 1.75. The number of nitrogens with one attached hydrogen (secondary N) is 1. The van der Waals surface area contributed by atoms with E-state index in [4.69, 9.17) is 0 Å². The third-order valence-electron chi connectivity index (χ3n) is 4.67. The van der Waals surface area contributed by atoms with Crippen molar-refractivity contribution in [2.24, 2.45) is 5.92 Å². The van der Waals surface area contributed by atoms with Crippen molar-refractivity contribution in [3.63, 3.8) is 0 Å². The normalized spacial score (nSPS) is 16.6. The van der Waals surface area contributed by atoms with Crippen molar-refractivity contribution in [3.05, 3.63) is 28.8 Å². The molecule has 0 saturated carbocycles. The first-order chi connectivity index (χ1) is 11.3. The zero-order valence-electron chi connectivity index (χ0n) is 14.5.